The Morgan fingerprint density at radius 2 is 2.00 bits per heavy atom. The Bertz CT molecular complexity index is 325. The Morgan fingerprint density at radius 3 is 2.75 bits per heavy atom. The Morgan fingerprint density at radius 1 is 1.19 bits per heavy atom. The summed E-state index contributed by atoms with van der Waals surface area (Å²) in [6.45, 7) is 3.88. The first-order chi connectivity index (χ1) is 7.86. The van der Waals surface area contributed by atoms with Crippen molar-refractivity contribution < 1.29 is 0 Å². The molecule has 0 amide bonds. The van der Waals surface area contributed by atoms with Crippen LogP contribution in [0.25, 0.3) is 0 Å². The van der Waals surface area contributed by atoms with Crippen molar-refractivity contribution in [2.45, 2.75) is 45.1 Å². The monoisotopic (exact) mass is 235 g/mol. The van der Waals surface area contributed by atoms with E-state index in [1.54, 1.807) is 0 Å². The van der Waals surface area contributed by atoms with E-state index in [0.29, 0.717) is 0 Å². The van der Waals surface area contributed by atoms with Crippen LogP contribution in [0.1, 0.15) is 43.4 Å². The van der Waals surface area contributed by atoms with Crippen molar-refractivity contribution >= 4 is 11.3 Å². The van der Waals surface area contributed by atoms with Gasteiger partial charge in [0.2, 0.25) is 0 Å². The van der Waals surface area contributed by atoms with Crippen LogP contribution in [0.2, 0.25) is 0 Å². The highest BCUT2D eigenvalue weighted by molar-refractivity contribution is 7.09. The minimum absolute atomic E-state index is 0.718. The number of hydrogen-bond donors (Lipinski definition) is 0. The zero-order chi connectivity index (χ0) is 10.8. The lowest BCUT2D eigenvalue weighted by Gasteiger charge is -2.40. The average Bonchev–Trinajstić information content (AvgIpc) is 2.91. The first kappa shape index (κ1) is 10.8. The van der Waals surface area contributed by atoms with Gasteiger partial charge in [-0.2, -0.15) is 0 Å². The molecule has 1 aromatic rings. The van der Waals surface area contributed by atoms with E-state index in [0.717, 1.165) is 5.41 Å². The van der Waals surface area contributed by atoms with Gasteiger partial charge in [0, 0.05) is 18.0 Å². The molecule has 0 radical (unpaired) electrons. The summed E-state index contributed by atoms with van der Waals surface area (Å²) in [6, 6.07) is 4.45. The zero-order valence-corrected chi connectivity index (χ0v) is 10.8. The summed E-state index contributed by atoms with van der Waals surface area (Å²) in [7, 11) is 0. The average molecular weight is 235 g/mol. The summed E-state index contributed by atoms with van der Waals surface area (Å²) in [5.41, 5.74) is 0.718. The van der Waals surface area contributed by atoms with Crippen molar-refractivity contribution in [2.24, 2.45) is 5.41 Å². The fourth-order valence-corrected chi connectivity index (χ4v) is 4.35. The largest absolute Gasteiger partial charge is 0.298 e. The molecule has 2 aliphatic rings. The second-order valence-electron chi connectivity index (χ2n) is 5.60. The summed E-state index contributed by atoms with van der Waals surface area (Å²) in [4.78, 5) is 4.23. The minimum atomic E-state index is 0.718. The van der Waals surface area contributed by atoms with Gasteiger partial charge in [0.1, 0.15) is 0 Å². The molecule has 2 heterocycles. The van der Waals surface area contributed by atoms with Crippen LogP contribution in [0.15, 0.2) is 17.5 Å². The van der Waals surface area contributed by atoms with E-state index in [9.17, 15) is 0 Å². The molecule has 3 rings (SSSR count). The number of thiophene rings is 1. The molecular weight excluding hydrogens is 214 g/mol. The fraction of sp³-hybridized carbons (Fsp3) is 0.714. The van der Waals surface area contributed by atoms with Crippen LogP contribution in [0.5, 0.6) is 0 Å². The molecule has 1 saturated carbocycles. The minimum Gasteiger partial charge on any atom is -0.298 e. The van der Waals surface area contributed by atoms with E-state index in [2.05, 4.69) is 22.4 Å². The van der Waals surface area contributed by atoms with Gasteiger partial charge in [-0.3, -0.25) is 4.90 Å². The highest BCUT2D eigenvalue weighted by atomic mass is 32.1. The number of likely N-dealkylation sites (tertiary alicyclic amines) is 1. The van der Waals surface area contributed by atoms with Crippen LogP contribution in [-0.4, -0.2) is 18.0 Å². The highest BCUT2D eigenvalue weighted by Gasteiger charge is 2.37. The molecule has 2 fully saturated rings. The molecule has 1 aromatic heterocycles. The maximum Gasteiger partial charge on any atom is 0.0328 e. The third kappa shape index (κ3) is 2.18. The summed E-state index contributed by atoms with van der Waals surface area (Å²) >= 11 is 1.91. The molecule has 88 valence electrons. The maximum atomic E-state index is 2.70. The smallest absolute Gasteiger partial charge is 0.0328 e. The van der Waals surface area contributed by atoms with E-state index >= 15 is 0 Å². The van der Waals surface area contributed by atoms with Crippen molar-refractivity contribution in [3.63, 3.8) is 0 Å². The number of piperidine rings is 1. The van der Waals surface area contributed by atoms with Gasteiger partial charge in [0.25, 0.3) is 0 Å². The van der Waals surface area contributed by atoms with Crippen molar-refractivity contribution in [3.8, 4) is 0 Å². The first-order valence-corrected chi connectivity index (χ1v) is 7.49. The molecule has 1 nitrogen and oxygen atoms in total. The molecule has 2 heteroatoms. The summed E-state index contributed by atoms with van der Waals surface area (Å²) in [6.07, 6.45) is 8.86. The molecule has 16 heavy (non-hydrogen) atoms. The highest BCUT2D eigenvalue weighted by Crippen LogP contribution is 2.44. The Balaban J connectivity index is 1.63. The molecule has 1 aliphatic heterocycles. The van der Waals surface area contributed by atoms with Crippen LogP contribution >= 0.6 is 11.3 Å². The molecule has 0 N–H and O–H groups in total. The molecule has 0 aromatic carbocycles. The molecule has 0 unspecified atom stereocenters. The van der Waals surface area contributed by atoms with Gasteiger partial charge in [-0.25, -0.2) is 0 Å². The van der Waals surface area contributed by atoms with Crippen molar-refractivity contribution in [2.75, 3.05) is 13.1 Å². The van der Waals surface area contributed by atoms with Crippen molar-refractivity contribution in [1.29, 1.82) is 0 Å². The third-order valence-electron chi connectivity index (χ3n) is 4.36. The van der Waals surface area contributed by atoms with Crippen molar-refractivity contribution in [3.05, 3.63) is 22.4 Å². The normalized spacial score (nSPS) is 25.2. The fourth-order valence-electron chi connectivity index (χ4n) is 3.60. The number of hydrogen-bond acceptors (Lipinski definition) is 2. The molecule has 0 atom stereocenters. The van der Waals surface area contributed by atoms with Gasteiger partial charge in [0.05, 0.1) is 0 Å². The summed E-state index contributed by atoms with van der Waals surface area (Å²) < 4.78 is 0. The van der Waals surface area contributed by atoms with E-state index in [-0.39, 0.29) is 0 Å². The van der Waals surface area contributed by atoms with Crippen LogP contribution in [-0.2, 0) is 6.54 Å². The predicted molar refractivity (Wildman–Crippen MR) is 69.7 cm³/mol. The Hall–Kier alpha value is -0.340. The Kier molecular flexibility index (Phi) is 3.03. The van der Waals surface area contributed by atoms with Gasteiger partial charge in [0.15, 0.2) is 0 Å². The summed E-state index contributed by atoms with van der Waals surface area (Å²) in [5.74, 6) is 0. The van der Waals surface area contributed by atoms with Gasteiger partial charge in [-0.1, -0.05) is 18.9 Å². The lowest BCUT2D eigenvalue weighted by molar-refractivity contribution is 0.0883. The molecule has 1 aliphatic carbocycles. The number of rotatable bonds is 2. The van der Waals surface area contributed by atoms with Gasteiger partial charge in [-0.15, -0.1) is 11.3 Å². The summed E-state index contributed by atoms with van der Waals surface area (Å²) in [5, 5.41) is 2.20. The van der Waals surface area contributed by atoms with E-state index in [1.807, 2.05) is 11.3 Å². The Labute approximate surface area is 102 Å². The molecule has 0 bridgehead atoms. The SMILES string of the molecule is c1csc(CN2CCCC3(CCCC3)C2)c1. The molecule has 1 saturated heterocycles. The van der Waals surface area contributed by atoms with Gasteiger partial charge >= 0.3 is 0 Å². The van der Waals surface area contributed by atoms with Crippen molar-refractivity contribution in [1.82, 2.24) is 4.90 Å². The molecule has 1 spiro atoms. The standard InChI is InChI=1S/C14H21NS/c1-2-7-14(6-1)8-4-9-15(12-14)11-13-5-3-10-16-13/h3,5,10H,1-2,4,6-9,11-12H2. The molecular formula is C14H21NS. The predicted octanol–water partition coefficient (Wildman–Crippen LogP) is 3.90. The van der Waals surface area contributed by atoms with Crippen LogP contribution in [0.3, 0.4) is 0 Å². The van der Waals surface area contributed by atoms with E-state index < -0.39 is 0 Å². The quantitative estimate of drug-likeness (QED) is 0.751. The van der Waals surface area contributed by atoms with E-state index in [1.165, 1.54) is 63.0 Å². The lowest BCUT2D eigenvalue weighted by atomic mass is 9.78. The maximum absolute atomic E-state index is 2.70. The van der Waals surface area contributed by atoms with E-state index in [4.69, 9.17) is 0 Å². The zero-order valence-electron chi connectivity index (χ0n) is 9.95. The third-order valence-corrected chi connectivity index (χ3v) is 5.23. The topological polar surface area (TPSA) is 3.24 Å². The second kappa shape index (κ2) is 4.50. The number of nitrogens with zero attached hydrogens (tertiary/aromatic N) is 1. The van der Waals surface area contributed by atoms with Crippen LogP contribution in [0.4, 0.5) is 0 Å². The van der Waals surface area contributed by atoms with Gasteiger partial charge < -0.3 is 0 Å². The second-order valence-corrected chi connectivity index (χ2v) is 6.63. The first-order valence-electron chi connectivity index (χ1n) is 6.61. The van der Waals surface area contributed by atoms with Crippen LogP contribution < -0.4 is 0 Å². The van der Waals surface area contributed by atoms with Gasteiger partial charge in [-0.05, 0) is 49.1 Å². The lowest BCUT2D eigenvalue weighted by Crippen LogP contribution is -2.41. The van der Waals surface area contributed by atoms with Crippen LogP contribution in [0, 0.1) is 5.41 Å².